The summed E-state index contributed by atoms with van der Waals surface area (Å²) in [4.78, 5) is 16.5. The van der Waals surface area contributed by atoms with Crippen LogP contribution in [0.15, 0.2) is 54.6 Å². The number of rotatable bonds is 8. The van der Waals surface area contributed by atoms with E-state index in [9.17, 15) is 31.8 Å². The minimum absolute atomic E-state index is 0.0592. The average Bonchev–Trinajstić information content (AvgIpc) is 2.85. The highest BCUT2D eigenvalue weighted by atomic mass is 32.2. The molecule has 0 saturated carbocycles. The molecule has 2 atom stereocenters. The Morgan fingerprint density at radius 3 is 2.44 bits per heavy atom. The maximum absolute atomic E-state index is 14.4. The second-order valence-electron chi connectivity index (χ2n) is 7.92. The number of carbonyl (C=O) groups excluding carboxylic acids is 1. The molecule has 11 heteroatoms. The molecule has 2 unspecified atom stereocenters. The summed E-state index contributed by atoms with van der Waals surface area (Å²) in [5.74, 6) is -1.80. The zero-order valence-electron chi connectivity index (χ0n) is 19.3. The van der Waals surface area contributed by atoms with E-state index in [0.717, 1.165) is 6.07 Å². The van der Waals surface area contributed by atoms with Crippen LogP contribution < -0.4 is 10.0 Å². The van der Waals surface area contributed by atoms with Crippen LogP contribution in [0.5, 0.6) is 0 Å². The fraction of sp³-hybridized carbons (Fsp3) is 0.240. The molecule has 1 amide bonds. The van der Waals surface area contributed by atoms with Gasteiger partial charge in [0.2, 0.25) is 5.91 Å². The lowest BCUT2D eigenvalue weighted by Gasteiger charge is -2.17. The monoisotopic (exact) mass is 518 g/mol. The second kappa shape index (κ2) is 11.4. The molecule has 1 aromatic heterocycles. The summed E-state index contributed by atoms with van der Waals surface area (Å²) < 4.78 is 68.1. The van der Waals surface area contributed by atoms with Gasteiger partial charge in [-0.1, -0.05) is 36.4 Å². The molecule has 2 aromatic carbocycles. The Hall–Kier alpha value is -3.62. The van der Waals surface area contributed by atoms with Crippen LogP contribution in [0.1, 0.15) is 40.8 Å². The van der Waals surface area contributed by atoms with Gasteiger partial charge in [0.15, 0.2) is 0 Å². The Kier molecular flexibility index (Phi) is 8.55. The molecule has 0 saturated heterocycles. The minimum Gasteiger partial charge on any atom is -0.351 e. The maximum atomic E-state index is 14.4. The first kappa shape index (κ1) is 27.0. The van der Waals surface area contributed by atoms with E-state index >= 15 is 0 Å². The van der Waals surface area contributed by atoms with Gasteiger partial charge >= 0.3 is 6.18 Å². The predicted molar refractivity (Wildman–Crippen MR) is 127 cm³/mol. The van der Waals surface area contributed by atoms with Gasteiger partial charge in [-0.15, -0.1) is 0 Å². The molecule has 188 valence electrons. The molecular weight excluding hydrogens is 496 g/mol. The molecule has 0 spiro atoms. The van der Waals surface area contributed by atoms with Crippen LogP contribution in [0.3, 0.4) is 0 Å². The topological polar surface area (TPSA) is 94.9 Å². The van der Waals surface area contributed by atoms with E-state index in [-0.39, 0.29) is 41.0 Å². The van der Waals surface area contributed by atoms with Gasteiger partial charge in [0.1, 0.15) is 11.5 Å². The zero-order valence-corrected chi connectivity index (χ0v) is 20.1. The van der Waals surface area contributed by atoms with Crippen molar-refractivity contribution < 1.29 is 26.6 Å². The van der Waals surface area contributed by atoms with Gasteiger partial charge in [-0.05, 0) is 36.2 Å². The Bertz CT molecular complexity index is 1340. The lowest BCUT2D eigenvalue weighted by Crippen LogP contribution is -2.28. The Balaban J connectivity index is 1.83. The van der Waals surface area contributed by atoms with Gasteiger partial charge in [0.25, 0.3) is 0 Å². The van der Waals surface area contributed by atoms with E-state index in [0.29, 0.717) is 5.56 Å². The smallest absolute Gasteiger partial charge is 0.351 e. The number of amides is 1. The quantitative estimate of drug-likeness (QED) is 0.427. The van der Waals surface area contributed by atoms with Gasteiger partial charge < -0.3 is 5.32 Å². The number of nitrogens with zero attached hydrogens (tertiary/aromatic N) is 2. The summed E-state index contributed by atoms with van der Waals surface area (Å²) >= 11 is 0. The fourth-order valence-electron chi connectivity index (χ4n) is 3.45. The van der Waals surface area contributed by atoms with Crippen molar-refractivity contribution in [2.75, 3.05) is 6.26 Å². The van der Waals surface area contributed by atoms with Crippen LogP contribution in [0.4, 0.5) is 17.6 Å². The fourth-order valence-corrected chi connectivity index (χ4v) is 3.81. The number of alkyl halides is 3. The van der Waals surface area contributed by atoms with Crippen molar-refractivity contribution in [3.63, 3.8) is 0 Å². The van der Waals surface area contributed by atoms with Crippen LogP contribution in [0.25, 0.3) is 11.3 Å². The summed E-state index contributed by atoms with van der Waals surface area (Å²) in [5.41, 5.74) is 0.137. The summed E-state index contributed by atoms with van der Waals surface area (Å²) in [7, 11) is -1.31. The summed E-state index contributed by atoms with van der Waals surface area (Å²) in [6.45, 7) is 1.47. The van der Waals surface area contributed by atoms with E-state index in [4.69, 9.17) is 0 Å². The Labute approximate surface area is 208 Å². The van der Waals surface area contributed by atoms with Crippen LogP contribution >= 0.6 is 0 Å². The molecule has 2 N–H and O–H groups in total. The highest BCUT2D eigenvalue weighted by Gasteiger charge is 2.33. The Morgan fingerprint density at radius 1 is 1.11 bits per heavy atom. The number of carbonyl (C=O) groups is 1. The van der Waals surface area contributed by atoms with E-state index in [2.05, 4.69) is 15.0 Å². The number of aromatic nitrogens is 1. The van der Waals surface area contributed by atoms with Crippen LogP contribution in [-0.4, -0.2) is 21.4 Å². The predicted octanol–water partition coefficient (Wildman–Crippen LogP) is 4.58. The van der Waals surface area contributed by atoms with Gasteiger partial charge in [-0.2, -0.15) is 18.4 Å². The first-order valence-corrected chi connectivity index (χ1v) is 12.3. The van der Waals surface area contributed by atoms with Crippen LogP contribution in [0.2, 0.25) is 0 Å². The zero-order chi connectivity index (χ0) is 26.5. The molecule has 6 nitrogen and oxygen atoms in total. The maximum Gasteiger partial charge on any atom is 0.433 e. The number of hydrogen-bond acceptors (Lipinski definition) is 4. The van der Waals surface area contributed by atoms with Crippen molar-refractivity contribution in [2.45, 2.75) is 32.1 Å². The van der Waals surface area contributed by atoms with Crippen molar-refractivity contribution in [1.82, 2.24) is 15.0 Å². The molecule has 1 heterocycles. The molecular formula is C25H22F4N4O2S. The normalized spacial score (nSPS) is 13.0. The van der Waals surface area contributed by atoms with Gasteiger partial charge in [-0.3, -0.25) is 4.79 Å². The van der Waals surface area contributed by atoms with E-state index < -0.39 is 40.5 Å². The highest BCUT2D eigenvalue weighted by molar-refractivity contribution is 7.82. The van der Waals surface area contributed by atoms with Crippen molar-refractivity contribution >= 4 is 16.9 Å². The first-order chi connectivity index (χ1) is 17.0. The van der Waals surface area contributed by atoms with Crippen LogP contribution in [-0.2, 0) is 35.0 Å². The van der Waals surface area contributed by atoms with Gasteiger partial charge in [0, 0.05) is 30.5 Å². The molecule has 0 fully saturated rings. The highest BCUT2D eigenvalue weighted by Crippen LogP contribution is 2.32. The third-order valence-electron chi connectivity index (χ3n) is 5.46. The molecule has 3 aromatic rings. The molecule has 36 heavy (non-hydrogen) atoms. The largest absolute Gasteiger partial charge is 0.433 e. The number of nitrogens with one attached hydrogen (secondary N) is 2. The van der Waals surface area contributed by atoms with Crippen molar-refractivity contribution in [3.05, 3.63) is 88.4 Å². The van der Waals surface area contributed by atoms with E-state index in [1.807, 2.05) is 6.07 Å². The Morgan fingerprint density at radius 2 is 1.81 bits per heavy atom. The molecule has 3 rings (SSSR count). The van der Waals surface area contributed by atoms with Gasteiger partial charge in [-0.25, -0.2) is 18.3 Å². The number of benzene rings is 2. The summed E-state index contributed by atoms with van der Waals surface area (Å²) in [6.07, 6.45) is -3.26. The number of nitriles is 1. The average molecular weight is 519 g/mol. The lowest BCUT2D eigenvalue weighted by atomic mass is 9.97. The van der Waals surface area contributed by atoms with Crippen LogP contribution in [0, 0.1) is 17.1 Å². The molecule has 0 radical (unpaired) electrons. The van der Waals surface area contributed by atoms with Crippen molar-refractivity contribution in [2.24, 2.45) is 0 Å². The van der Waals surface area contributed by atoms with E-state index in [1.165, 1.54) is 36.6 Å². The molecule has 0 aliphatic rings. The lowest BCUT2D eigenvalue weighted by molar-refractivity contribution is -0.141. The summed E-state index contributed by atoms with van der Waals surface area (Å²) in [5, 5.41) is 12.1. The first-order valence-electron chi connectivity index (χ1n) is 10.7. The van der Waals surface area contributed by atoms with Crippen molar-refractivity contribution in [3.8, 4) is 17.3 Å². The molecule has 0 aliphatic heterocycles. The van der Waals surface area contributed by atoms with Crippen molar-refractivity contribution in [1.29, 1.82) is 5.26 Å². The third kappa shape index (κ3) is 6.53. The number of pyridine rings is 1. The standard InChI is InChI=1S/C25H22F4N4O2S/c1-15(16-7-8-18(21(26)11-16)14-32-36(2)35)24(34)31-13-19-9-10-22(25(27,28)29)33-23(19)20-6-4-3-5-17(20)12-30/h3-11,15,32H,13-14H2,1-2H3,(H,31,34). The summed E-state index contributed by atoms with van der Waals surface area (Å²) in [6, 6.07) is 14.4. The second-order valence-corrected chi connectivity index (χ2v) is 9.12. The number of halogens is 4. The SMILES string of the molecule is CC(C(=O)NCc1ccc(C(F)(F)F)nc1-c1ccccc1C#N)c1ccc(CNS(C)=O)c(F)c1. The molecule has 0 aliphatic carbocycles. The number of hydrogen-bond donors (Lipinski definition) is 2. The third-order valence-corrected chi connectivity index (χ3v) is 6.01. The van der Waals surface area contributed by atoms with E-state index in [1.54, 1.807) is 25.1 Å². The van der Waals surface area contributed by atoms with Gasteiger partial charge in [0.05, 0.1) is 34.2 Å². The minimum atomic E-state index is -4.69. The molecule has 0 bridgehead atoms.